The van der Waals surface area contributed by atoms with Crippen molar-refractivity contribution in [1.29, 1.82) is 0 Å². The molecular formula is C18H12ClN3O2S. The SMILES string of the molecule is Cc1cccn2c(=O)c3cc(C(=O)Nc4ccc(Cl)cc4)sc3nc12. The number of thiophene rings is 1. The Bertz CT molecular complexity index is 1180. The van der Waals surface area contributed by atoms with Crippen LogP contribution in [0, 0.1) is 6.92 Å². The van der Waals surface area contributed by atoms with Gasteiger partial charge in [0.2, 0.25) is 0 Å². The first kappa shape index (κ1) is 15.8. The van der Waals surface area contributed by atoms with Crippen molar-refractivity contribution < 1.29 is 4.79 Å². The van der Waals surface area contributed by atoms with Crippen LogP contribution >= 0.6 is 22.9 Å². The zero-order valence-corrected chi connectivity index (χ0v) is 14.7. The second kappa shape index (κ2) is 5.98. The summed E-state index contributed by atoms with van der Waals surface area (Å²) in [5.41, 5.74) is 1.97. The van der Waals surface area contributed by atoms with Crippen LogP contribution in [0.2, 0.25) is 5.02 Å². The number of rotatable bonds is 2. The molecule has 0 aliphatic carbocycles. The van der Waals surface area contributed by atoms with E-state index in [-0.39, 0.29) is 11.5 Å². The summed E-state index contributed by atoms with van der Waals surface area (Å²) in [6.45, 7) is 1.90. The van der Waals surface area contributed by atoms with Gasteiger partial charge in [0, 0.05) is 16.9 Å². The number of carbonyl (C=O) groups is 1. The molecule has 4 aromatic rings. The number of benzene rings is 1. The second-order valence-electron chi connectivity index (χ2n) is 5.59. The lowest BCUT2D eigenvalue weighted by molar-refractivity contribution is 0.103. The fraction of sp³-hybridized carbons (Fsp3) is 0.0556. The van der Waals surface area contributed by atoms with Gasteiger partial charge in [0.1, 0.15) is 10.5 Å². The summed E-state index contributed by atoms with van der Waals surface area (Å²) < 4.78 is 1.51. The summed E-state index contributed by atoms with van der Waals surface area (Å²) >= 11 is 7.05. The molecule has 0 spiro atoms. The molecule has 0 atom stereocenters. The predicted molar refractivity (Wildman–Crippen MR) is 101 cm³/mol. The minimum Gasteiger partial charge on any atom is -0.321 e. The number of fused-ring (bicyclic) bond motifs is 2. The van der Waals surface area contributed by atoms with Crippen LogP contribution in [0.5, 0.6) is 0 Å². The molecule has 0 aliphatic heterocycles. The number of carbonyl (C=O) groups excluding carboxylic acids is 1. The standard InChI is InChI=1S/C18H12ClN3O2S/c1-10-3-2-8-22-15(10)21-17-13(18(22)24)9-14(25-17)16(23)20-12-6-4-11(19)5-7-12/h2-9H,1H3,(H,20,23). The van der Waals surface area contributed by atoms with E-state index in [0.29, 0.717) is 31.5 Å². The first-order chi connectivity index (χ1) is 12.0. The number of halogens is 1. The lowest BCUT2D eigenvalue weighted by atomic mass is 10.2. The highest BCUT2D eigenvalue weighted by atomic mass is 35.5. The fourth-order valence-electron chi connectivity index (χ4n) is 2.60. The Kier molecular flexibility index (Phi) is 3.78. The largest absolute Gasteiger partial charge is 0.321 e. The molecule has 0 saturated carbocycles. The predicted octanol–water partition coefficient (Wildman–Crippen LogP) is 4.12. The molecule has 0 fully saturated rings. The molecule has 0 radical (unpaired) electrons. The van der Waals surface area contributed by atoms with Gasteiger partial charge in [-0.25, -0.2) is 4.98 Å². The van der Waals surface area contributed by atoms with Crippen LogP contribution in [-0.4, -0.2) is 15.3 Å². The molecular weight excluding hydrogens is 358 g/mol. The molecule has 124 valence electrons. The maximum atomic E-state index is 12.7. The number of aryl methyl sites for hydroxylation is 1. The number of amides is 1. The molecule has 0 saturated heterocycles. The third-order valence-electron chi connectivity index (χ3n) is 3.86. The number of nitrogens with one attached hydrogen (secondary N) is 1. The Hall–Kier alpha value is -2.70. The lowest BCUT2D eigenvalue weighted by Gasteiger charge is -2.02. The van der Waals surface area contributed by atoms with Crippen LogP contribution in [-0.2, 0) is 0 Å². The monoisotopic (exact) mass is 369 g/mol. The molecule has 0 bridgehead atoms. The molecule has 25 heavy (non-hydrogen) atoms. The molecule has 3 heterocycles. The maximum Gasteiger partial charge on any atom is 0.266 e. The van der Waals surface area contributed by atoms with Crippen molar-refractivity contribution in [2.45, 2.75) is 6.92 Å². The Balaban J connectivity index is 1.78. The molecule has 0 unspecified atom stereocenters. The average Bonchev–Trinajstić information content (AvgIpc) is 3.03. The molecule has 0 aliphatic rings. The molecule has 3 aromatic heterocycles. The summed E-state index contributed by atoms with van der Waals surface area (Å²) in [6, 6.07) is 12.1. The highest BCUT2D eigenvalue weighted by molar-refractivity contribution is 7.20. The molecule has 5 nitrogen and oxygen atoms in total. The normalized spacial score (nSPS) is 11.1. The van der Waals surface area contributed by atoms with Crippen molar-refractivity contribution >= 4 is 50.4 Å². The minimum absolute atomic E-state index is 0.175. The molecule has 7 heteroatoms. The summed E-state index contributed by atoms with van der Waals surface area (Å²) in [4.78, 5) is 30.7. The molecule has 1 N–H and O–H groups in total. The quantitative estimate of drug-likeness (QED) is 0.578. The highest BCUT2D eigenvalue weighted by Gasteiger charge is 2.15. The third-order valence-corrected chi connectivity index (χ3v) is 5.14. The third kappa shape index (κ3) is 2.79. The highest BCUT2D eigenvalue weighted by Crippen LogP contribution is 2.24. The second-order valence-corrected chi connectivity index (χ2v) is 7.06. The van der Waals surface area contributed by atoms with E-state index in [9.17, 15) is 9.59 Å². The van der Waals surface area contributed by atoms with E-state index in [1.54, 1.807) is 42.6 Å². The summed E-state index contributed by atoms with van der Waals surface area (Å²) in [5, 5.41) is 3.83. The maximum absolute atomic E-state index is 12.7. The van der Waals surface area contributed by atoms with Crippen LogP contribution in [0.25, 0.3) is 15.9 Å². The number of pyridine rings is 1. The smallest absolute Gasteiger partial charge is 0.266 e. The van der Waals surface area contributed by atoms with Crippen LogP contribution in [0.4, 0.5) is 5.69 Å². The Labute approximate surface area is 151 Å². The average molecular weight is 370 g/mol. The van der Waals surface area contributed by atoms with Gasteiger partial charge in [-0.05, 0) is 48.9 Å². The van der Waals surface area contributed by atoms with Gasteiger partial charge in [-0.2, -0.15) is 0 Å². The molecule has 4 rings (SSSR count). The lowest BCUT2D eigenvalue weighted by Crippen LogP contribution is -2.14. The fourth-order valence-corrected chi connectivity index (χ4v) is 3.64. The van der Waals surface area contributed by atoms with Crippen molar-refractivity contribution in [3.63, 3.8) is 0 Å². The first-order valence-electron chi connectivity index (χ1n) is 7.51. The van der Waals surface area contributed by atoms with Gasteiger partial charge >= 0.3 is 0 Å². The zero-order chi connectivity index (χ0) is 17.6. The Morgan fingerprint density at radius 1 is 1.24 bits per heavy atom. The van der Waals surface area contributed by atoms with Crippen LogP contribution < -0.4 is 10.9 Å². The van der Waals surface area contributed by atoms with Gasteiger partial charge in [0.25, 0.3) is 11.5 Å². The van der Waals surface area contributed by atoms with E-state index in [2.05, 4.69) is 10.3 Å². The van der Waals surface area contributed by atoms with Crippen molar-refractivity contribution in [3.8, 4) is 0 Å². The Morgan fingerprint density at radius 3 is 2.76 bits per heavy atom. The molecule has 1 aromatic carbocycles. The van der Waals surface area contributed by atoms with Gasteiger partial charge in [0.05, 0.1) is 10.3 Å². The first-order valence-corrected chi connectivity index (χ1v) is 8.71. The minimum atomic E-state index is -0.282. The molecule has 1 amide bonds. The Morgan fingerprint density at radius 2 is 2.00 bits per heavy atom. The zero-order valence-electron chi connectivity index (χ0n) is 13.1. The van der Waals surface area contributed by atoms with E-state index < -0.39 is 0 Å². The number of aromatic nitrogens is 2. The van der Waals surface area contributed by atoms with Gasteiger partial charge in [-0.1, -0.05) is 17.7 Å². The van der Waals surface area contributed by atoms with E-state index in [1.165, 1.54) is 15.7 Å². The summed E-state index contributed by atoms with van der Waals surface area (Å²) in [6.07, 6.45) is 1.68. The van der Waals surface area contributed by atoms with E-state index in [1.807, 2.05) is 13.0 Å². The number of anilines is 1. The van der Waals surface area contributed by atoms with E-state index in [0.717, 1.165) is 5.56 Å². The number of hydrogen-bond donors (Lipinski definition) is 1. The van der Waals surface area contributed by atoms with Crippen LogP contribution in [0.15, 0.2) is 53.5 Å². The van der Waals surface area contributed by atoms with Crippen LogP contribution in [0.3, 0.4) is 0 Å². The number of nitrogens with zero attached hydrogens (tertiary/aromatic N) is 2. The topological polar surface area (TPSA) is 63.5 Å². The number of hydrogen-bond acceptors (Lipinski definition) is 4. The summed E-state index contributed by atoms with van der Waals surface area (Å²) in [5.74, 6) is -0.282. The van der Waals surface area contributed by atoms with Gasteiger partial charge in [-0.3, -0.25) is 14.0 Å². The van der Waals surface area contributed by atoms with Crippen molar-refractivity contribution in [1.82, 2.24) is 9.38 Å². The van der Waals surface area contributed by atoms with Crippen LogP contribution in [0.1, 0.15) is 15.2 Å². The van der Waals surface area contributed by atoms with Crippen molar-refractivity contribution in [2.24, 2.45) is 0 Å². The van der Waals surface area contributed by atoms with Gasteiger partial charge < -0.3 is 5.32 Å². The van der Waals surface area contributed by atoms with Crippen molar-refractivity contribution in [2.75, 3.05) is 5.32 Å². The van der Waals surface area contributed by atoms with Gasteiger partial charge in [-0.15, -0.1) is 11.3 Å². The summed E-state index contributed by atoms with van der Waals surface area (Å²) in [7, 11) is 0. The van der Waals surface area contributed by atoms with E-state index in [4.69, 9.17) is 11.6 Å². The van der Waals surface area contributed by atoms with Gasteiger partial charge in [0.15, 0.2) is 0 Å². The van der Waals surface area contributed by atoms with E-state index >= 15 is 0 Å². The van der Waals surface area contributed by atoms with Crippen molar-refractivity contribution in [3.05, 3.63) is 74.5 Å².